The number of hydrogen-bond donors (Lipinski definition) is 1. The van der Waals surface area contributed by atoms with Gasteiger partial charge in [-0.05, 0) is 31.2 Å². The predicted octanol–water partition coefficient (Wildman–Crippen LogP) is 7.03. The van der Waals surface area contributed by atoms with Crippen LogP contribution in [0.4, 0.5) is 0 Å². The zero-order valence-electron chi connectivity index (χ0n) is 17.7. The molecule has 2 heteroatoms. The summed E-state index contributed by atoms with van der Waals surface area (Å²) in [5, 5.41) is 0. The van der Waals surface area contributed by atoms with E-state index in [9.17, 15) is 0 Å². The molecular weight excluding hydrogens is 328 g/mol. The van der Waals surface area contributed by atoms with Crippen LogP contribution in [0, 0.1) is 5.92 Å². The molecule has 1 aromatic heterocycles. The molecule has 0 fully saturated rings. The third-order valence-corrected chi connectivity index (χ3v) is 5.87. The number of aromatic nitrogens is 2. The van der Waals surface area contributed by atoms with Crippen molar-refractivity contribution in [1.29, 1.82) is 0 Å². The third-order valence-electron chi connectivity index (χ3n) is 5.87. The van der Waals surface area contributed by atoms with Crippen LogP contribution in [-0.4, -0.2) is 4.98 Å². The van der Waals surface area contributed by atoms with E-state index in [1.165, 1.54) is 82.6 Å². The zero-order valence-corrected chi connectivity index (χ0v) is 17.7. The summed E-state index contributed by atoms with van der Waals surface area (Å²) in [5.41, 5.74) is 1.49. The summed E-state index contributed by atoms with van der Waals surface area (Å²) in [6.45, 7) is 4.60. The van der Waals surface area contributed by atoms with Gasteiger partial charge in [-0.1, -0.05) is 95.5 Å². The van der Waals surface area contributed by atoms with Gasteiger partial charge in [0.25, 0.3) is 0 Å². The molecule has 2 unspecified atom stereocenters. The van der Waals surface area contributed by atoms with Crippen LogP contribution in [0.5, 0.6) is 0 Å². The van der Waals surface area contributed by atoms with Crippen LogP contribution in [-0.2, 0) is 6.42 Å². The maximum absolute atomic E-state index is 3.27. The largest absolute Gasteiger partial charge is 0.250 e. The van der Waals surface area contributed by atoms with E-state index in [0.29, 0.717) is 6.04 Å². The number of unbranched alkanes of at least 4 members (excludes halogenated alkanes) is 7. The van der Waals surface area contributed by atoms with Gasteiger partial charge in [-0.2, -0.15) is 0 Å². The maximum atomic E-state index is 3.27. The first kappa shape index (κ1) is 21.7. The maximum Gasteiger partial charge on any atom is 0.241 e. The summed E-state index contributed by atoms with van der Waals surface area (Å²) >= 11 is 0. The highest BCUT2D eigenvalue weighted by Crippen LogP contribution is 2.28. The van der Waals surface area contributed by atoms with Gasteiger partial charge >= 0.3 is 0 Å². The van der Waals surface area contributed by atoms with Crippen molar-refractivity contribution in [2.45, 2.75) is 96.9 Å². The van der Waals surface area contributed by atoms with Gasteiger partial charge in [-0.15, -0.1) is 0 Å². The second-order valence-electron chi connectivity index (χ2n) is 8.13. The first-order valence-electron chi connectivity index (χ1n) is 11.4. The highest BCUT2D eigenvalue weighted by atomic mass is 15.1. The predicted molar refractivity (Wildman–Crippen MR) is 116 cm³/mol. The summed E-state index contributed by atoms with van der Waals surface area (Å²) < 4.78 is 2.44. The van der Waals surface area contributed by atoms with Crippen molar-refractivity contribution >= 4 is 0 Å². The summed E-state index contributed by atoms with van der Waals surface area (Å²) in [6.07, 6.45) is 22.6. The number of benzene rings is 1. The average Bonchev–Trinajstić information content (AvgIpc) is 3.22. The molecule has 0 amide bonds. The molecule has 0 aliphatic carbocycles. The molecule has 0 aliphatic heterocycles. The van der Waals surface area contributed by atoms with Crippen molar-refractivity contribution in [1.82, 2.24) is 4.98 Å². The Balaban J connectivity index is 2.02. The van der Waals surface area contributed by atoms with Crippen LogP contribution >= 0.6 is 0 Å². The first-order valence-corrected chi connectivity index (χ1v) is 11.4. The number of nitrogens with zero attached hydrogens (tertiary/aromatic N) is 1. The monoisotopic (exact) mass is 369 g/mol. The van der Waals surface area contributed by atoms with Gasteiger partial charge in [0.05, 0.1) is 0 Å². The molecule has 2 rings (SSSR count). The molecule has 0 aliphatic rings. The Hall–Kier alpha value is -1.57. The van der Waals surface area contributed by atoms with E-state index in [2.05, 4.69) is 72.5 Å². The fraction of sp³-hybridized carbons (Fsp3) is 0.640. The van der Waals surface area contributed by atoms with Crippen LogP contribution in [0.25, 0.3) is 0 Å². The smallest absolute Gasteiger partial charge is 0.241 e. The fourth-order valence-corrected chi connectivity index (χ4v) is 4.27. The van der Waals surface area contributed by atoms with Gasteiger partial charge in [0.15, 0.2) is 0 Å². The Kier molecular flexibility index (Phi) is 10.9. The second-order valence-corrected chi connectivity index (χ2v) is 8.13. The second kappa shape index (κ2) is 13.6. The Morgan fingerprint density at radius 2 is 1.48 bits per heavy atom. The highest BCUT2D eigenvalue weighted by Gasteiger charge is 2.26. The van der Waals surface area contributed by atoms with Gasteiger partial charge in [0.1, 0.15) is 18.4 Å². The van der Waals surface area contributed by atoms with Crippen LogP contribution < -0.4 is 4.57 Å². The van der Waals surface area contributed by atoms with Gasteiger partial charge in [0, 0.05) is 5.92 Å². The lowest BCUT2D eigenvalue weighted by Gasteiger charge is -2.25. The van der Waals surface area contributed by atoms with Crippen LogP contribution in [0.2, 0.25) is 0 Å². The molecule has 1 heterocycles. The highest BCUT2D eigenvalue weighted by molar-refractivity contribution is 5.15. The van der Waals surface area contributed by atoms with E-state index in [-0.39, 0.29) is 0 Å². The van der Waals surface area contributed by atoms with E-state index in [1.54, 1.807) is 0 Å². The topological polar surface area (TPSA) is 19.7 Å². The Morgan fingerprint density at radius 1 is 0.815 bits per heavy atom. The van der Waals surface area contributed by atoms with Gasteiger partial charge in [-0.3, -0.25) is 4.98 Å². The van der Waals surface area contributed by atoms with Crippen LogP contribution in [0.15, 0.2) is 49.1 Å². The lowest BCUT2D eigenvalue weighted by Crippen LogP contribution is -2.42. The Bertz CT molecular complexity index is 561. The number of rotatable bonds is 15. The molecule has 2 atom stereocenters. The van der Waals surface area contributed by atoms with Crippen molar-refractivity contribution in [3.8, 4) is 0 Å². The molecule has 1 N–H and O–H groups in total. The number of hydrogen-bond acceptors (Lipinski definition) is 0. The zero-order chi connectivity index (χ0) is 19.2. The molecule has 2 nitrogen and oxygen atoms in total. The van der Waals surface area contributed by atoms with E-state index < -0.39 is 0 Å². The van der Waals surface area contributed by atoms with E-state index in [4.69, 9.17) is 0 Å². The lowest BCUT2D eigenvalue weighted by molar-refractivity contribution is -0.730. The van der Waals surface area contributed by atoms with Crippen molar-refractivity contribution in [3.63, 3.8) is 0 Å². The fourth-order valence-electron chi connectivity index (χ4n) is 4.27. The van der Waals surface area contributed by atoms with Crippen LogP contribution in [0.3, 0.4) is 0 Å². The van der Waals surface area contributed by atoms with Crippen molar-refractivity contribution in [3.05, 3.63) is 54.6 Å². The molecule has 0 saturated carbocycles. The Morgan fingerprint density at radius 3 is 2.19 bits per heavy atom. The number of imidazole rings is 1. The molecular formula is C25H41N2+. The van der Waals surface area contributed by atoms with Gasteiger partial charge in [-0.25, -0.2) is 4.57 Å². The minimum Gasteiger partial charge on any atom is -0.250 e. The number of aromatic amines is 1. The van der Waals surface area contributed by atoms with E-state index in [0.717, 1.165) is 5.92 Å². The molecule has 1 aromatic carbocycles. The summed E-state index contributed by atoms with van der Waals surface area (Å²) in [7, 11) is 0. The van der Waals surface area contributed by atoms with Crippen molar-refractivity contribution < 1.29 is 4.57 Å². The third kappa shape index (κ3) is 8.32. The van der Waals surface area contributed by atoms with E-state index >= 15 is 0 Å². The summed E-state index contributed by atoms with van der Waals surface area (Å²) in [5.74, 6) is 0.719. The SMILES string of the molecule is CCCCCCCCC(Cc1ccccc1)C(CCCCC)[n+]1cc[nH]c1. The number of nitrogens with one attached hydrogen (secondary N) is 1. The molecule has 0 saturated heterocycles. The molecule has 0 spiro atoms. The lowest BCUT2D eigenvalue weighted by atomic mass is 9.84. The quantitative estimate of drug-likeness (QED) is 0.257. The summed E-state index contributed by atoms with van der Waals surface area (Å²) in [6, 6.07) is 11.7. The normalized spacial score (nSPS) is 13.6. The van der Waals surface area contributed by atoms with Gasteiger partial charge in [0.2, 0.25) is 6.33 Å². The molecule has 2 aromatic rings. The standard InChI is InChI=1S/C25H40N2/c1-3-5-7-8-9-14-17-24(21-23-15-12-10-13-16-23)25(18-11-6-4-2)27-20-19-26-22-27/h10,12-13,15-16,19-20,22,24-25H,3-9,11,14,17-18,21H2,1-2H3/p+1. The molecule has 27 heavy (non-hydrogen) atoms. The van der Waals surface area contributed by atoms with Gasteiger partial charge < -0.3 is 0 Å². The summed E-state index contributed by atoms with van der Waals surface area (Å²) in [4.78, 5) is 3.27. The van der Waals surface area contributed by atoms with Crippen molar-refractivity contribution in [2.24, 2.45) is 5.92 Å². The van der Waals surface area contributed by atoms with Crippen LogP contribution in [0.1, 0.15) is 96.1 Å². The molecule has 0 radical (unpaired) electrons. The minimum absolute atomic E-state index is 0.610. The minimum atomic E-state index is 0.610. The molecule has 0 bridgehead atoms. The average molecular weight is 370 g/mol. The number of H-pyrrole nitrogens is 1. The van der Waals surface area contributed by atoms with E-state index in [1.807, 2.05) is 0 Å². The Labute approximate surface area is 167 Å². The molecule has 150 valence electrons. The first-order chi connectivity index (χ1) is 13.3. The van der Waals surface area contributed by atoms with Crippen molar-refractivity contribution in [2.75, 3.05) is 0 Å².